The quantitative estimate of drug-likeness (QED) is 0.0735. The molecular formula is C25H37ClN5O14P. The molecule has 0 unspecified atom stereocenters. The Labute approximate surface area is 268 Å². The lowest BCUT2D eigenvalue weighted by Gasteiger charge is -2.20. The molecule has 2 aromatic rings. The normalized spacial score (nSPS) is 19.8. The second-order valence-corrected chi connectivity index (χ2v) is 12.1. The van der Waals surface area contributed by atoms with Gasteiger partial charge in [-0.3, -0.25) is 18.2 Å². The zero-order valence-electron chi connectivity index (χ0n) is 25.3. The van der Waals surface area contributed by atoms with Crippen LogP contribution in [0.25, 0.3) is 11.2 Å². The van der Waals surface area contributed by atoms with E-state index in [9.17, 15) is 14.2 Å². The lowest BCUT2D eigenvalue weighted by atomic mass is 10.2. The SMILES string of the molecule is COCCOC(=O)OCOP(=O)(COC[C@@H]1CC[C@H](n2cnc3c(N[C@H]4CCOC4)nc(Cl)nc32)O1)OCOC(=O)OCCOC. The van der Waals surface area contributed by atoms with Crippen LogP contribution in [0.4, 0.5) is 15.4 Å². The van der Waals surface area contributed by atoms with Gasteiger partial charge < -0.3 is 47.9 Å². The maximum atomic E-state index is 13.3. The van der Waals surface area contributed by atoms with Gasteiger partial charge in [0.1, 0.15) is 25.8 Å². The van der Waals surface area contributed by atoms with Gasteiger partial charge in [0.2, 0.25) is 18.9 Å². The summed E-state index contributed by atoms with van der Waals surface area (Å²) in [5.74, 6) is 0.511. The molecule has 4 rings (SSSR count). The molecule has 1 N–H and O–H groups in total. The maximum absolute atomic E-state index is 13.3. The van der Waals surface area contributed by atoms with E-state index < -0.39 is 52.2 Å². The molecule has 2 aliphatic rings. The van der Waals surface area contributed by atoms with Gasteiger partial charge in [-0.15, -0.1) is 0 Å². The highest BCUT2D eigenvalue weighted by atomic mass is 35.5. The number of carbonyl (C=O) groups excluding carboxylic acids is 2. The standard InChI is InChI=1S/C25H37ClN5O14P/c1-35-7-9-39-24(32)41-14-43-46(34,44-15-42-25(33)40-10-8-36-2)16-38-12-18-3-4-19(45-18)31-13-27-20-21(28-17-5-6-37-11-17)29-23(26)30-22(20)31/h13,17-19H,3-12,14-16H2,1-2H3,(H,28,29,30)/t17-,18-,19+/m0/s1. The first-order valence-corrected chi connectivity index (χ1v) is 16.3. The molecule has 0 aliphatic carbocycles. The van der Waals surface area contributed by atoms with E-state index in [0.717, 1.165) is 6.42 Å². The number of halogens is 1. The topological polar surface area (TPSA) is 208 Å². The fraction of sp³-hybridized carbons (Fsp3) is 0.720. The van der Waals surface area contributed by atoms with Crippen molar-refractivity contribution < 1.29 is 65.8 Å². The summed E-state index contributed by atoms with van der Waals surface area (Å²) in [6, 6.07) is 0.0927. The molecule has 0 amide bonds. The monoisotopic (exact) mass is 697 g/mol. The van der Waals surface area contributed by atoms with Crippen LogP contribution in [0.5, 0.6) is 0 Å². The van der Waals surface area contributed by atoms with Crippen LogP contribution in [-0.4, -0.2) is 124 Å². The Bertz CT molecular complexity index is 1280. The Morgan fingerprint density at radius 1 is 1.00 bits per heavy atom. The first-order valence-electron chi connectivity index (χ1n) is 14.2. The molecule has 0 saturated carbocycles. The van der Waals surface area contributed by atoms with Crippen LogP contribution in [0.15, 0.2) is 6.33 Å². The van der Waals surface area contributed by atoms with Crippen molar-refractivity contribution in [3.05, 3.63) is 11.6 Å². The van der Waals surface area contributed by atoms with Crippen molar-refractivity contribution in [1.29, 1.82) is 0 Å². The van der Waals surface area contributed by atoms with Gasteiger partial charge >= 0.3 is 19.9 Å². The summed E-state index contributed by atoms with van der Waals surface area (Å²) in [6.07, 6.45) is 0.0546. The van der Waals surface area contributed by atoms with Crippen molar-refractivity contribution in [2.75, 3.05) is 85.7 Å². The molecular weight excluding hydrogens is 661 g/mol. The molecule has 2 aromatic heterocycles. The van der Waals surface area contributed by atoms with Crippen LogP contribution in [0, 0.1) is 0 Å². The highest BCUT2D eigenvalue weighted by Gasteiger charge is 2.32. The van der Waals surface area contributed by atoms with E-state index in [0.29, 0.717) is 43.0 Å². The van der Waals surface area contributed by atoms with E-state index in [1.54, 1.807) is 10.9 Å². The number of hydrogen-bond acceptors (Lipinski definition) is 18. The number of rotatable bonds is 19. The van der Waals surface area contributed by atoms with Gasteiger partial charge in [0, 0.05) is 20.8 Å². The molecule has 3 atom stereocenters. The fourth-order valence-corrected chi connectivity index (χ4v) is 5.42. The zero-order valence-corrected chi connectivity index (χ0v) is 27.0. The van der Waals surface area contributed by atoms with E-state index >= 15 is 0 Å². The van der Waals surface area contributed by atoms with Gasteiger partial charge in [-0.25, -0.2) is 14.6 Å². The average molecular weight is 698 g/mol. The Morgan fingerprint density at radius 2 is 1.70 bits per heavy atom. The number of nitrogens with zero attached hydrogens (tertiary/aromatic N) is 4. The van der Waals surface area contributed by atoms with Gasteiger partial charge in [0.25, 0.3) is 0 Å². The molecule has 2 saturated heterocycles. The van der Waals surface area contributed by atoms with Crippen LogP contribution in [0.1, 0.15) is 25.5 Å². The van der Waals surface area contributed by atoms with Gasteiger partial charge in [0.15, 0.2) is 17.0 Å². The Kier molecular flexibility index (Phi) is 14.4. The molecule has 258 valence electrons. The summed E-state index contributed by atoms with van der Waals surface area (Å²) in [6.45, 7) is -0.178. The molecule has 46 heavy (non-hydrogen) atoms. The number of nitrogens with one attached hydrogen (secondary N) is 1. The van der Waals surface area contributed by atoms with Gasteiger partial charge in [-0.2, -0.15) is 9.97 Å². The summed E-state index contributed by atoms with van der Waals surface area (Å²) < 4.78 is 71.1. The molecule has 0 aromatic carbocycles. The number of aromatic nitrogens is 4. The number of carbonyl (C=O) groups is 2. The summed E-state index contributed by atoms with van der Waals surface area (Å²) >= 11 is 6.22. The highest BCUT2D eigenvalue weighted by molar-refractivity contribution is 7.53. The second kappa shape index (κ2) is 18.5. The van der Waals surface area contributed by atoms with E-state index in [4.69, 9.17) is 63.3 Å². The Morgan fingerprint density at radius 3 is 2.33 bits per heavy atom. The third-order valence-corrected chi connectivity index (χ3v) is 8.15. The minimum atomic E-state index is -4.13. The molecule has 2 fully saturated rings. The van der Waals surface area contributed by atoms with Crippen molar-refractivity contribution in [3.63, 3.8) is 0 Å². The molecule has 0 bridgehead atoms. The maximum Gasteiger partial charge on any atom is 0.510 e. The van der Waals surface area contributed by atoms with E-state index in [1.165, 1.54) is 14.2 Å². The van der Waals surface area contributed by atoms with E-state index in [-0.39, 0.29) is 44.4 Å². The summed E-state index contributed by atoms with van der Waals surface area (Å²) in [4.78, 5) is 36.5. The van der Waals surface area contributed by atoms with Gasteiger partial charge in [-0.1, -0.05) is 0 Å². The second-order valence-electron chi connectivity index (χ2n) is 9.74. The van der Waals surface area contributed by atoms with Crippen LogP contribution in [0.2, 0.25) is 5.28 Å². The third-order valence-electron chi connectivity index (χ3n) is 6.48. The number of methoxy groups -OCH3 is 2. The number of anilines is 1. The minimum absolute atomic E-state index is 0.00387. The lowest BCUT2D eigenvalue weighted by molar-refractivity contribution is -0.0450. The zero-order chi connectivity index (χ0) is 32.8. The number of hydrogen-bond donors (Lipinski definition) is 1. The molecule has 21 heteroatoms. The van der Waals surface area contributed by atoms with Gasteiger partial charge in [0.05, 0.1) is 44.9 Å². The molecule has 4 heterocycles. The van der Waals surface area contributed by atoms with Crippen molar-refractivity contribution in [3.8, 4) is 0 Å². The first kappa shape index (κ1) is 36.0. The van der Waals surface area contributed by atoms with Gasteiger partial charge in [-0.05, 0) is 30.9 Å². The van der Waals surface area contributed by atoms with Crippen LogP contribution in [-0.2, 0) is 56.2 Å². The fourth-order valence-electron chi connectivity index (χ4n) is 4.27. The summed E-state index contributed by atoms with van der Waals surface area (Å²) in [5.41, 5.74) is 1.05. The van der Waals surface area contributed by atoms with E-state index in [2.05, 4.69) is 20.3 Å². The number of fused-ring (bicyclic) bond motifs is 1. The lowest BCUT2D eigenvalue weighted by Crippen LogP contribution is -2.20. The predicted molar refractivity (Wildman–Crippen MR) is 155 cm³/mol. The average Bonchev–Trinajstić information content (AvgIpc) is 3.79. The van der Waals surface area contributed by atoms with Crippen LogP contribution in [0.3, 0.4) is 0 Å². The van der Waals surface area contributed by atoms with Crippen molar-refractivity contribution in [1.82, 2.24) is 19.5 Å². The molecule has 0 radical (unpaired) electrons. The van der Waals surface area contributed by atoms with Crippen LogP contribution >= 0.6 is 19.2 Å². The van der Waals surface area contributed by atoms with Crippen molar-refractivity contribution in [2.45, 2.75) is 37.6 Å². The first-order chi connectivity index (χ1) is 22.3. The number of imidazole rings is 1. The Balaban J connectivity index is 1.29. The summed E-state index contributed by atoms with van der Waals surface area (Å²) in [7, 11) is -1.26. The Hall–Kier alpha value is -2.87. The van der Waals surface area contributed by atoms with Crippen LogP contribution < -0.4 is 5.32 Å². The van der Waals surface area contributed by atoms with E-state index in [1.807, 2.05) is 0 Å². The largest absolute Gasteiger partial charge is 0.510 e. The smallest absolute Gasteiger partial charge is 0.432 e. The molecule has 2 aliphatic heterocycles. The third kappa shape index (κ3) is 11.1. The molecule has 19 nitrogen and oxygen atoms in total. The number of ether oxygens (including phenoxy) is 9. The molecule has 0 spiro atoms. The predicted octanol–water partition coefficient (Wildman–Crippen LogP) is 3.07. The summed E-state index contributed by atoms with van der Waals surface area (Å²) in [5, 5.41) is 3.38. The highest BCUT2D eigenvalue weighted by Crippen LogP contribution is 2.48. The van der Waals surface area contributed by atoms with Crippen molar-refractivity contribution >= 4 is 48.5 Å². The van der Waals surface area contributed by atoms with Crippen molar-refractivity contribution in [2.24, 2.45) is 0 Å². The minimum Gasteiger partial charge on any atom is -0.432 e.